The topological polar surface area (TPSA) is 72.2 Å². The second-order valence-electron chi connectivity index (χ2n) is 6.55. The number of aryl methyl sites for hydroxylation is 1. The fourth-order valence-electron chi connectivity index (χ4n) is 2.85. The molecule has 2 aromatic carbocycles. The van der Waals surface area contributed by atoms with Crippen molar-refractivity contribution in [2.45, 2.75) is 19.9 Å². The molecule has 0 bridgehead atoms. The van der Waals surface area contributed by atoms with Crippen LogP contribution in [0.25, 0.3) is 16.9 Å². The van der Waals surface area contributed by atoms with Crippen LogP contribution < -0.4 is 5.32 Å². The lowest BCUT2D eigenvalue weighted by Crippen LogP contribution is -2.25. The van der Waals surface area contributed by atoms with Crippen LogP contribution in [0.15, 0.2) is 60.7 Å². The summed E-state index contributed by atoms with van der Waals surface area (Å²) in [6.07, 6.45) is 0.274. The highest BCUT2D eigenvalue weighted by molar-refractivity contribution is 6.30. The van der Waals surface area contributed by atoms with Gasteiger partial charge in [-0.3, -0.25) is 4.79 Å². The van der Waals surface area contributed by atoms with Gasteiger partial charge in [-0.25, -0.2) is 0 Å². The normalized spacial score (nSPS) is 10.9. The van der Waals surface area contributed by atoms with E-state index in [2.05, 4.69) is 20.6 Å². The van der Waals surface area contributed by atoms with E-state index in [0.717, 1.165) is 16.8 Å². The number of benzene rings is 2. The van der Waals surface area contributed by atoms with Crippen LogP contribution in [-0.4, -0.2) is 25.7 Å². The molecule has 0 saturated carbocycles. The molecule has 1 N–H and O–H groups in total. The summed E-state index contributed by atoms with van der Waals surface area (Å²) in [6, 6.07) is 19.2. The minimum Gasteiger partial charge on any atom is -0.348 e. The fourth-order valence-corrected chi connectivity index (χ4v) is 2.98. The average Bonchev–Trinajstić information content (AvgIpc) is 3.11. The number of hydrogen-bond donors (Lipinski definition) is 1. The molecule has 1 amide bonds. The minimum atomic E-state index is -0.103. The summed E-state index contributed by atoms with van der Waals surface area (Å²) >= 11 is 5.87. The molecule has 6 nitrogen and oxygen atoms in total. The van der Waals surface area contributed by atoms with Crippen LogP contribution >= 0.6 is 11.6 Å². The molecule has 0 unspecified atom stereocenters. The maximum atomic E-state index is 12.2. The van der Waals surface area contributed by atoms with Crippen molar-refractivity contribution in [2.24, 2.45) is 0 Å². The third kappa shape index (κ3) is 4.02. The summed E-state index contributed by atoms with van der Waals surface area (Å²) in [7, 11) is 0. The van der Waals surface area contributed by atoms with Gasteiger partial charge < -0.3 is 5.32 Å². The van der Waals surface area contributed by atoms with Gasteiger partial charge in [0.05, 0.1) is 18.7 Å². The van der Waals surface area contributed by atoms with Gasteiger partial charge in [0.25, 0.3) is 0 Å². The lowest BCUT2D eigenvalue weighted by molar-refractivity contribution is -0.120. The number of hydrogen-bond acceptors (Lipinski definition) is 4. The highest BCUT2D eigenvalue weighted by Crippen LogP contribution is 2.18. The summed E-state index contributed by atoms with van der Waals surface area (Å²) in [4.78, 5) is 12.2. The molecule has 2 heterocycles. The van der Waals surface area contributed by atoms with E-state index in [4.69, 9.17) is 11.6 Å². The van der Waals surface area contributed by atoms with Gasteiger partial charge in [0, 0.05) is 10.6 Å². The summed E-state index contributed by atoms with van der Waals surface area (Å²) < 4.78 is 1.66. The fraction of sp³-hybridized carbons (Fsp3) is 0.143. The summed E-state index contributed by atoms with van der Waals surface area (Å²) in [5, 5.41) is 16.4. The Labute approximate surface area is 167 Å². The predicted molar refractivity (Wildman–Crippen MR) is 108 cm³/mol. The van der Waals surface area contributed by atoms with Gasteiger partial charge in [0.15, 0.2) is 11.5 Å². The highest BCUT2D eigenvalue weighted by atomic mass is 35.5. The Balaban J connectivity index is 1.49. The van der Waals surface area contributed by atoms with Crippen molar-refractivity contribution in [1.29, 1.82) is 0 Å². The first-order valence-corrected chi connectivity index (χ1v) is 9.26. The van der Waals surface area contributed by atoms with E-state index in [1.807, 2.05) is 55.5 Å². The molecule has 0 atom stereocenters. The molecule has 0 saturated heterocycles. The minimum absolute atomic E-state index is 0.103. The van der Waals surface area contributed by atoms with E-state index in [0.29, 0.717) is 16.5 Å². The molecule has 0 aliphatic carbocycles. The van der Waals surface area contributed by atoms with Crippen molar-refractivity contribution < 1.29 is 4.79 Å². The largest absolute Gasteiger partial charge is 0.348 e. The van der Waals surface area contributed by atoms with Gasteiger partial charge in [-0.05, 0) is 36.8 Å². The van der Waals surface area contributed by atoms with Gasteiger partial charge in [-0.2, -0.15) is 9.61 Å². The first-order valence-electron chi connectivity index (χ1n) is 8.88. The lowest BCUT2D eigenvalue weighted by Gasteiger charge is -2.06. The number of carbonyl (C=O) groups excluding carboxylic acids is 1. The molecular formula is C21H18ClN5O. The first-order chi connectivity index (χ1) is 13.6. The quantitative estimate of drug-likeness (QED) is 0.564. The van der Waals surface area contributed by atoms with Crippen LogP contribution in [0.1, 0.15) is 17.0 Å². The molecule has 7 heteroatoms. The van der Waals surface area contributed by atoms with E-state index in [1.54, 1.807) is 16.6 Å². The molecule has 0 aliphatic heterocycles. The zero-order valence-corrected chi connectivity index (χ0v) is 16.0. The Morgan fingerprint density at radius 2 is 1.75 bits per heavy atom. The standard InChI is InChI=1S/C21H18ClN5O/c1-14-2-6-16(7-3-14)18-10-11-19-24-25-20(27(19)26-18)13-23-21(28)12-15-4-8-17(22)9-5-15/h2-11H,12-13H2,1H3,(H,23,28). The van der Waals surface area contributed by atoms with Gasteiger partial charge >= 0.3 is 0 Å². The average molecular weight is 392 g/mol. The van der Waals surface area contributed by atoms with Crippen molar-refractivity contribution in [1.82, 2.24) is 25.1 Å². The number of rotatable bonds is 5. The number of fused-ring (bicyclic) bond motifs is 1. The van der Waals surface area contributed by atoms with Gasteiger partial charge in [0.1, 0.15) is 0 Å². The molecule has 140 valence electrons. The first kappa shape index (κ1) is 18.1. The van der Waals surface area contributed by atoms with Gasteiger partial charge in [-0.1, -0.05) is 53.6 Å². The maximum absolute atomic E-state index is 12.2. The van der Waals surface area contributed by atoms with E-state index in [1.165, 1.54) is 5.56 Å². The highest BCUT2D eigenvalue weighted by Gasteiger charge is 2.11. The van der Waals surface area contributed by atoms with E-state index in [9.17, 15) is 4.79 Å². The van der Waals surface area contributed by atoms with Crippen molar-refractivity contribution in [2.75, 3.05) is 0 Å². The van der Waals surface area contributed by atoms with Crippen LogP contribution in [0.4, 0.5) is 0 Å². The number of nitrogens with one attached hydrogen (secondary N) is 1. The van der Waals surface area contributed by atoms with Crippen LogP contribution in [0.2, 0.25) is 5.02 Å². The molecule has 2 aromatic heterocycles. The Kier molecular flexibility index (Phi) is 5.04. The molecule has 4 rings (SSSR count). The SMILES string of the molecule is Cc1ccc(-c2ccc3nnc(CNC(=O)Cc4ccc(Cl)cc4)n3n2)cc1. The number of nitrogens with zero attached hydrogens (tertiary/aromatic N) is 4. The van der Waals surface area contributed by atoms with Crippen molar-refractivity contribution >= 4 is 23.2 Å². The molecule has 0 spiro atoms. The number of carbonyl (C=O) groups is 1. The van der Waals surface area contributed by atoms with Crippen molar-refractivity contribution in [3.05, 3.63) is 82.6 Å². The van der Waals surface area contributed by atoms with Crippen LogP contribution in [0.5, 0.6) is 0 Å². The summed E-state index contributed by atoms with van der Waals surface area (Å²) in [5.41, 5.74) is 4.56. The van der Waals surface area contributed by atoms with Crippen molar-refractivity contribution in [3.8, 4) is 11.3 Å². The van der Waals surface area contributed by atoms with Gasteiger partial charge in [0.2, 0.25) is 5.91 Å². The Bertz CT molecular complexity index is 1120. The second kappa shape index (κ2) is 7.78. The third-order valence-corrected chi connectivity index (χ3v) is 4.65. The maximum Gasteiger partial charge on any atom is 0.224 e. The third-order valence-electron chi connectivity index (χ3n) is 4.40. The molecule has 4 aromatic rings. The van der Waals surface area contributed by atoms with E-state index >= 15 is 0 Å². The Morgan fingerprint density at radius 3 is 2.50 bits per heavy atom. The molecule has 0 fully saturated rings. The van der Waals surface area contributed by atoms with Crippen LogP contribution in [0.3, 0.4) is 0 Å². The smallest absolute Gasteiger partial charge is 0.224 e. The zero-order valence-electron chi connectivity index (χ0n) is 15.3. The van der Waals surface area contributed by atoms with Gasteiger partial charge in [-0.15, -0.1) is 10.2 Å². The number of halogens is 1. The Hall–Kier alpha value is -3.25. The molecule has 28 heavy (non-hydrogen) atoms. The molecular weight excluding hydrogens is 374 g/mol. The second-order valence-corrected chi connectivity index (χ2v) is 6.99. The number of amides is 1. The van der Waals surface area contributed by atoms with Crippen molar-refractivity contribution in [3.63, 3.8) is 0 Å². The molecule has 0 aliphatic rings. The number of aromatic nitrogens is 4. The Morgan fingerprint density at radius 1 is 1.00 bits per heavy atom. The van der Waals surface area contributed by atoms with Crippen LogP contribution in [-0.2, 0) is 17.8 Å². The zero-order chi connectivity index (χ0) is 19.5. The van der Waals surface area contributed by atoms with E-state index < -0.39 is 0 Å². The monoisotopic (exact) mass is 391 g/mol. The van der Waals surface area contributed by atoms with E-state index in [-0.39, 0.29) is 18.9 Å². The predicted octanol–water partition coefficient (Wildman–Crippen LogP) is 3.61. The van der Waals surface area contributed by atoms with Crippen LogP contribution in [0, 0.1) is 6.92 Å². The molecule has 0 radical (unpaired) electrons. The summed E-state index contributed by atoms with van der Waals surface area (Å²) in [6.45, 7) is 2.29. The summed E-state index contributed by atoms with van der Waals surface area (Å²) in [5.74, 6) is 0.474. The lowest BCUT2D eigenvalue weighted by atomic mass is 10.1.